The van der Waals surface area contributed by atoms with Gasteiger partial charge in [-0.3, -0.25) is 9.78 Å². The molecule has 1 aromatic carbocycles. The maximum Gasteiger partial charge on any atom is 0.270 e. The Morgan fingerprint density at radius 1 is 1.22 bits per heavy atom. The molecule has 0 saturated carbocycles. The third kappa shape index (κ3) is 3.29. The third-order valence-electron chi connectivity index (χ3n) is 2.75. The van der Waals surface area contributed by atoms with Crippen molar-refractivity contribution in [2.75, 3.05) is 0 Å². The Morgan fingerprint density at radius 2 is 1.94 bits per heavy atom. The van der Waals surface area contributed by atoms with Gasteiger partial charge in [-0.05, 0) is 17.9 Å². The van der Waals surface area contributed by atoms with Crippen LogP contribution in [0.4, 0.5) is 0 Å². The van der Waals surface area contributed by atoms with Gasteiger partial charge in [0, 0.05) is 18.3 Å². The summed E-state index contributed by atoms with van der Waals surface area (Å²) in [5.41, 5.74) is 2.52. The van der Waals surface area contributed by atoms with Crippen molar-refractivity contribution in [1.29, 1.82) is 0 Å². The van der Waals surface area contributed by atoms with E-state index in [0.717, 1.165) is 17.7 Å². The molecule has 0 aliphatic carbocycles. The summed E-state index contributed by atoms with van der Waals surface area (Å²) in [6.45, 7) is 4.24. The van der Waals surface area contributed by atoms with Crippen molar-refractivity contribution in [3.63, 3.8) is 0 Å². The lowest BCUT2D eigenvalue weighted by atomic mass is 10.1. The van der Waals surface area contributed by atoms with E-state index in [0.29, 0.717) is 18.0 Å². The average molecular weight is 242 g/mol. The highest BCUT2D eigenvalue weighted by molar-refractivity contribution is 5.20. The maximum atomic E-state index is 11.9. The molecule has 0 fully saturated rings. The predicted octanol–water partition coefficient (Wildman–Crippen LogP) is 2.56. The van der Waals surface area contributed by atoms with Crippen LogP contribution in [0.5, 0.6) is 0 Å². The van der Waals surface area contributed by atoms with Crippen molar-refractivity contribution >= 4 is 0 Å². The number of rotatable bonds is 4. The van der Waals surface area contributed by atoms with Crippen molar-refractivity contribution in [2.45, 2.75) is 26.7 Å². The molecule has 3 heteroatoms. The number of hydrogen-bond acceptors (Lipinski definition) is 2. The Kier molecular flexibility index (Phi) is 3.92. The van der Waals surface area contributed by atoms with Crippen LogP contribution >= 0.6 is 0 Å². The summed E-state index contributed by atoms with van der Waals surface area (Å²) in [5.74, 6) is 0.516. The van der Waals surface area contributed by atoms with Gasteiger partial charge in [0.25, 0.3) is 5.56 Å². The van der Waals surface area contributed by atoms with Gasteiger partial charge in [-0.15, -0.1) is 0 Å². The fourth-order valence-corrected chi connectivity index (χ4v) is 1.92. The van der Waals surface area contributed by atoms with E-state index in [2.05, 4.69) is 23.8 Å². The molecular weight excluding hydrogens is 224 g/mol. The molecule has 1 heterocycles. The van der Waals surface area contributed by atoms with Gasteiger partial charge in [0.1, 0.15) is 5.69 Å². The normalized spacial score (nSPS) is 10.8. The minimum Gasteiger partial charge on any atom is -0.323 e. The highest BCUT2D eigenvalue weighted by atomic mass is 16.1. The van der Waals surface area contributed by atoms with E-state index in [9.17, 15) is 4.79 Å². The van der Waals surface area contributed by atoms with Crippen molar-refractivity contribution in [3.05, 3.63) is 63.8 Å². The van der Waals surface area contributed by atoms with E-state index in [1.165, 1.54) is 0 Å². The molecule has 18 heavy (non-hydrogen) atoms. The Bertz CT molecular complexity index is 558. The predicted molar refractivity (Wildman–Crippen MR) is 72.6 cm³/mol. The summed E-state index contributed by atoms with van der Waals surface area (Å²) in [7, 11) is 0. The molecule has 1 N–H and O–H groups in total. The molecule has 2 rings (SSSR count). The fraction of sp³-hybridized carbons (Fsp3) is 0.333. The van der Waals surface area contributed by atoms with Crippen molar-refractivity contribution < 1.29 is 0 Å². The Balaban J connectivity index is 2.18. The summed E-state index contributed by atoms with van der Waals surface area (Å²) < 4.78 is 0. The van der Waals surface area contributed by atoms with Gasteiger partial charge in [0.15, 0.2) is 0 Å². The number of aromatic nitrogens is 2. The van der Waals surface area contributed by atoms with Crippen LogP contribution in [0.3, 0.4) is 0 Å². The van der Waals surface area contributed by atoms with Gasteiger partial charge in [0.2, 0.25) is 0 Å². The Morgan fingerprint density at radius 3 is 2.56 bits per heavy atom. The molecular formula is C15H18N2O. The monoisotopic (exact) mass is 242 g/mol. The molecule has 0 spiro atoms. The average Bonchev–Trinajstić information content (AvgIpc) is 2.33. The fourth-order valence-electron chi connectivity index (χ4n) is 1.92. The molecule has 0 saturated heterocycles. The van der Waals surface area contributed by atoms with Crippen LogP contribution in [0.2, 0.25) is 0 Å². The molecule has 0 aliphatic heterocycles. The molecule has 0 aliphatic rings. The first kappa shape index (κ1) is 12.6. The first-order valence-corrected chi connectivity index (χ1v) is 6.26. The van der Waals surface area contributed by atoms with E-state index in [4.69, 9.17) is 0 Å². The molecule has 0 radical (unpaired) electrons. The SMILES string of the molecule is CC(C)Cc1cnc(Cc2ccccc2)c(=O)[nH]1. The summed E-state index contributed by atoms with van der Waals surface area (Å²) in [6.07, 6.45) is 3.21. The standard InChI is InChI=1S/C15H18N2O/c1-11(2)8-13-10-16-14(15(18)17-13)9-12-6-4-3-5-7-12/h3-7,10-11H,8-9H2,1-2H3,(H,17,18). The van der Waals surface area contributed by atoms with Crippen LogP contribution in [0.25, 0.3) is 0 Å². The molecule has 94 valence electrons. The van der Waals surface area contributed by atoms with Gasteiger partial charge >= 0.3 is 0 Å². The zero-order chi connectivity index (χ0) is 13.0. The van der Waals surface area contributed by atoms with E-state index < -0.39 is 0 Å². The topological polar surface area (TPSA) is 45.8 Å². The largest absolute Gasteiger partial charge is 0.323 e. The van der Waals surface area contributed by atoms with Gasteiger partial charge in [-0.25, -0.2) is 0 Å². The van der Waals surface area contributed by atoms with Gasteiger partial charge < -0.3 is 4.98 Å². The lowest BCUT2D eigenvalue weighted by Crippen LogP contribution is -2.18. The zero-order valence-electron chi connectivity index (χ0n) is 10.8. The molecule has 1 aromatic heterocycles. The minimum absolute atomic E-state index is 0.0722. The van der Waals surface area contributed by atoms with E-state index in [1.807, 2.05) is 30.3 Å². The first-order valence-electron chi connectivity index (χ1n) is 6.26. The lowest BCUT2D eigenvalue weighted by molar-refractivity contribution is 0.630. The van der Waals surface area contributed by atoms with Crippen LogP contribution in [0.1, 0.15) is 30.8 Å². The Labute approximate surface area is 107 Å². The number of nitrogens with one attached hydrogen (secondary N) is 1. The number of nitrogens with zero attached hydrogens (tertiary/aromatic N) is 1. The van der Waals surface area contributed by atoms with E-state index in [1.54, 1.807) is 6.20 Å². The van der Waals surface area contributed by atoms with Crippen LogP contribution in [0.15, 0.2) is 41.3 Å². The highest BCUT2D eigenvalue weighted by Gasteiger charge is 2.05. The van der Waals surface area contributed by atoms with Crippen molar-refractivity contribution in [2.24, 2.45) is 5.92 Å². The van der Waals surface area contributed by atoms with Crippen LogP contribution < -0.4 is 5.56 Å². The zero-order valence-corrected chi connectivity index (χ0v) is 10.8. The smallest absolute Gasteiger partial charge is 0.270 e. The minimum atomic E-state index is -0.0722. The summed E-state index contributed by atoms with van der Waals surface area (Å²) in [4.78, 5) is 19.1. The molecule has 0 bridgehead atoms. The van der Waals surface area contributed by atoms with Gasteiger partial charge in [-0.2, -0.15) is 0 Å². The number of benzene rings is 1. The van der Waals surface area contributed by atoms with Crippen LogP contribution in [-0.4, -0.2) is 9.97 Å². The first-order chi connectivity index (χ1) is 8.65. The summed E-state index contributed by atoms with van der Waals surface area (Å²) in [5, 5.41) is 0. The summed E-state index contributed by atoms with van der Waals surface area (Å²) in [6, 6.07) is 9.91. The van der Waals surface area contributed by atoms with Crippen LogP contribution in [0, 0.1) is 5.92 Å². The van der Waals surface area contributed by atoms with Gasteiger partial charge in [0.05, 0.1) is 0 Å². The number of aromatic amines is 1. The third-order valence-corrected chi connectivity index (χ3v) is 2.75. The van der Waals surface area contributed by atoms with Crippen molar-refractivity contribution in [1.82, 2.24) is 9.97 Å². The van der Waals surface area contributed by atoms with E-state index >= 15 is 0 Å². The van der Waals surface area contributed by atoms with Crippen LogP contribution in [-0.2, 0) is 12.8 Å². The van der Waals surface area contributed by atoms with E-state index in [-0.39, 0.29) is 5.56 Å². The number of hydrogen-bond donors (Lipinski definition) is 1. The molecule has 2 aromatic rings. The number of H-pyrrole nitrogens is 1. The second-order valence-electron chi connectivity index (χ2n) is 4.94. The second kappa shape index (κ2) is 5.63. The van der Waals surface area contributed by atoms with Gasteiger partial charge in [-0.1, -0.05) is 44.2 Å². The molecule has 3 nitrogen and oxygen atoms in total. The lowest BCUT2D eigenvalue weighted by Gasteiger charge is -2.05. The van der Waals surface area contributed by atoms with Crippen molar-refractivity contribution in [3.8, 4) is 0 Å². The molecule has 0 amide bonds. The molecule has 0 unspecified atom stereocenters. The summed E-state index contributed by atoms with van der Waals surface area (Å²) >= 11 is 0. The highest BCUT2D eigenvalue weighted by Crippen LogP contribution is 2.05. The maximum absolute atomic E-state index is 11.9. The second-order valence-corrected chi connectivity index (χ2v) is 4.94. The Hall–Kier alpha value is -1.90. The quantitative estimate of drug-likeness (QED) is 0.895. The molecule has 0 atom stereocenters.